The maximum Gasteiger partial charge on any atom is 0.128 e. The number of aromatic nitrogens is 1. The standard InChI is InChI=1S/C54H42N2O/c1-2-12-35(13-3-1)36-22-25-38(26-23-36)55(41-31-33-51-48(34-41)44-17-9-11-21-50(44)57-51)39-27-29-40(30-28-39)56-49-20-10-8-19-47(49)53-52-42-15-5-4-14-37(42)24-32-45(52)43-16-6-7-18-46(43)54(53)56/h1-5,7-15,17-22,25,27-31,33-34,44,50H,6,16,23-24,26,32H2. The zero-order chi connectivity index (χ0) is 37.5. The summed E-state index contributed by atoms with van der Waals surface area (Å²) in [6.07, 6.45) is 24.6. The van der Waals surface area contributed by atoms with E-state index in [0.29, 0.717) is 0 Å². The summed E-state index contributed by atoms with van der Waals surface area (Å²) in [5, 5.41) is 2.72. The lowest BCUT2D eigenvalue weighted by molar-refractivity contribution is 0.269. The summed E-state index contributed by atoms with van der Waals surface area (Å²) in [5.41, 5.74) is 20.1. The molecule has 0 spiro atoms. The first-order valence-corrected chi connectivity index (χ1v) is 20.7. The first kappa shape index (κ1) is 32.6. The number of para-hydroxylation sites is 1. The summed E-state index contributed by atoms with van der Waals surface area (Å²) in [6.45, 7) is 0. The average Bonchev–Trinajstić information content (AvgIpc) is 3.83. The van der Waals surface area contributed by atoms with Crippen LogP contribution >= 0.6 is 0 Å². The molecule has 2 heterocycles. The van der Waals surface area contributed by atoms with Crippen molar-refractivity contribution < 1.29 is 4.74 Å². The van der Waals surface area contributed by atoms with Crippen LogP contribution in [0.3, 0.4) is 0 Å². The van der Waals surface area contributed by atoms with Crippen LogP contribution in [0.4, 0.5) is 11.4 Å². The fraction of sp³-hybridized carbons (Fsp3) is 0.148. The van der Waals surface area contributed by atoms with Gasteiger partial charge in [-0.25, -0.2) is 0 Å². The predicted molar refractivity (Wildman–Crippen MR) is 237 cm³/mol. The molecular formula is C54H42N2O. The Morgan fingerprint density at radius 1 is 0.667 bits per heavy atom. The van der Waals surface area contributed by atoms with Gasteiger partial charge in [0.05, 0.1) is 11.0 Å². The van der Waals surface area contributed by atoms with E-state index >= 15 is 0 Å². The molecule has 274 valence electrons. The maximum atomic E-state index is 6.39. The molecule has 0 bridgehead atoms. The minimum Gasteiger partial charge on any atom is -0.485 e. The van der Waals surface area contributed by atoms with E-state index in [1.807, 2.05) is 0 Å². The molecule has 0 radical (unpaired) electrons. The van der Waals surface area contributed by atoms with E-state index in [-0.39, 0.29) is 12.0 Å². The number of anilines is 2. The minimum absolute atomic E-state index is 0.0594. The van der Waals surface area contributed by atoms with Crippen molar-refractivity contribution in [2.24, 2.45) is 0 Å². The highest BCUT2D eigenvalue weighted by Crippen LogP contribution is 2.49. The number of aryl methyl sites for hydroxylation is 1. The second kappa shape index (κ2) is 13.0. The van der Waals surface area contributed by atoms with Crippen molar-refractivity contribution in [3.8, 4) is 22.6 Å². The zero-order valence-electron chi connectivity index (χ0n) is 31.9. The Bertz CT molecular complexity index is 2940. The molecule has 0 saturated carbocycles. The first-order valence-electron chi connectivity index (χ1n) is 20.7. The van der Waals surface area contributed by atoms with Crippen molar-refractivity contribution in [1.29, 1.82) is 0 Å². The third-order valence-electron chi connectivity index (χ3n) is 13.0. The molecular weight excluding hydrogens is 693 g/mol. The van der Waals surface area contributed by atoms with Crippen molar-refractivity contribution >= 4 is 44.8 Å². The molecule has 0 N–H and O–H groups in total. The molecule has 1 aliphatic heterocycles. The van der Waals surface area contributed by atoms with E-state index in [2.05, 4.69) is 179 Å². The van der Waals surface area contributed by atoms with Crippen molar-refractivity contribution in [2.45, 2.75) is 50.5 Å². The van der Waals surface area contributed by atoms with Gasteiger partial charge in [-0.05, 0) is 138 Å². The molecule has 7 aromatic rings. The largest absolute Gasteiger partial charge is 0.485 e. The fourth-order valence-corrected chi connectivity index (χ4v) is 10.4. The van der Waals surface area contributed by atoms with Gasteiger partial charge in [-0.3, -0.25) is 0 Å². The lowest BCUT2D eigenvalue weighted by Crippen LogP contribution is -2.18. The van der Waals surface area contributed by atoms with Gasteiger partial charge in [0.25, 0.3) is 0 Å². The quantitative estimate of drug-likeness (QED) is 0.175. The Morgan fingerprint density at radius 2 is 1.49 bits per heavy atom. The lowest BCUT2D eigenvalue weighted by atomic mass is 9.77. The molecule has 0 fully saturated rings. The normalized spacial score (nSPS) is 18.6. The van der Waals surface area contributed by atoms with E-state index in [4.69, 9.17) is 4.74 Å². The molecule has 3 heteroatoms. The molecule has 2 atom stereocenters. The monoisotopic (exact) mass is 734 g/mol. The van der Waals surface area contributed by atoms with Gasteiger partial charge in [0, 0.05) is 50.6 Å². The third-order valence-corrected chi connectivity index (χ3v) is 13.0. The van der Waals surface area contributed by atoms with E-state index in [1.165, 1.54) is 72.1 Å². The first-order chi connectivity index (χ1) is 28.3. The van der Waals surface area contributed by atoms with E-state index in [1.54, 1.807) is 11.1 Å². The molecule has 6 aromatic carbocycles. The average molecular weight is 735 g/mol. The van der Waals surface area contributed by atoms with Crippen LogP contribution in [-0.2, 0) is 19.3 Å². The fourth-order valence-electron chi connectivity index (χ4n) is 10.4. The number of hydrogen-bond acceptors (Lipinski definition) is 2. The number of benzene rings is 6. The highest BCUT2D eigenvalue weighted by atomic mass is 16.5. The zero-order valence-corrected chi connectivity index (χ0v) is 31.9. The molecule has 4 aliphatic carbocycles. The number of hydrogen-bond donors (Lipinski definition) is 0. The Morgan fingerprint density at radius 3 is 2.39 bits per heavy atom. The lowest BCUT2D eigenvalue weighted by Gasteiger charge is -2.30. The molecule has 57 heavy (non-hydrogen) atoms. The summed E-state index contributed by atoms with van der Waals surface area (Å²) < 4.78 is 8.94. The van der Waals surface area contributed by atoms with E-state index in [9.17, 15) is 0 Å². The Hall–Kier alpha value is -6.58. The van der Waals surface area contributed by atoms with E-state index in [0.717, 1.165) is 55.6 Å². The van der Waals surface area contributed by atoms with Crippen molar-refractivity contribution in [2.75, 3.05) is 4.90 Å². The molecule has 2 unspecified atom stereocenters. The molecule has 0 amide bonds. The van der Waals surface area contributed by atoms with Crippen LogP contribution < -0.4 is 9.64 Å². The summed E-state index contributed by atoms with van der Waals surface area (Å²) in [7, 11) is 0. The smallest absolute Gasteiger partial charge is 0.128 e. The van der Waals surface area contributed by atoms with Crippen LogP contribution in [0, 0.1) is 0 Å². The molecule has 0 saturated heterocycles. The van der Waals surface area contributed by atoms with Crippen LogP contribution in [0.5, 0.6) is 5.75 Å². The highest BCUT2D eigenvalue weighted by Gasteiger charge is 2.33. The van der Waals surface area contributed by atoms with Gasteiger partial charge in [0.2, 0.25) is 0 Å². The topological polar surface area (TPSA) is 17.4 Å². The summed E-state index contributed by atoms with van der Waals surface area (Å²) in [4.78, 5) is 2.47. The van der Waals surface area contributed by atoms with Gasteiger partial charge in [0.1, 0.15) is 11.9 Å². The number of fused-ring (bicyclic) bond motifs is 13. The van der Waals surface area contributed by atoms with Gasteiger partial charge >= 0.3 is 0 Å². The van der Waals surface area contributed by atoms with Crippen LogP contribution in [0.25, 0.3) is 50.3 Å². The summed E-state index contributed by atoms with van der Waals surface area (Å²) >= 11 is 0. The van der Waals surface area contributed by atoms with Crippen LogP contribution in [0.15, 0.2) is 170 Å². The van der Waals surface area contributed by atoms with Gasteiger partial charge in [0.15, 0.2) is 0 Å². The van der Waals surface area contributed by atoms with Gasteiger partial charge < -0.3 is 14.2 Å². The van der Waals surface area contributed by atoms with Crippen LogP contribution in [-0.4, -0.2) is 10.7 Å². The van der Waals surface area contributed by atoms with E-state index < -0.39 is 0 Å². The van der Waals surface area contributed by atoms with Crippen molar-refractivity contribution in [1.82, 2.24) is 4.57 Å². The second-order valence-corrected chi connectivity index (χ2v) is 16.1. The number of allylic oxidation sites excluding steroid dienone is 7. The second-order valence-electron chi connectivity index (χ2n) is 16.1. The summed E-state index contributed by atoms with van der Waals surface area (Å²) in [6, 6.07) is 45.1. The molecule has 3 nitrogen and oxygen atoms in total. The van der Waals surface area contributed by atoms with Gasteiger partial charge in [-0.1, -0.05) is 109 Å². The Balaban J connectivity index is 1.03. The Kier molecular flexibility index (Phi) is 7.44. The molecule has 5 aliphatic rings. The SMILES string of the molecule is C1=CC2Oc3ccc(N(C4=CC=C(c5ccccc5)CC4)c4ccc(-n5c6ccccc6c6c7c(c8c(c65)C=CCC8)CCc5ccccc5-7)cc4)cc3C2C=C1. The number of rotatable bonds is 5. The predicted octanol–water partition coefficient (Wildman–Crippen LogP) is 13.4. The number of ether oxygens (including phenoxy) is 1. The van der Waals surface area contributed by atoms with Crippen LogP contribution in [0.1, 0.15) is 58.6 Å². The highest BCUT2D eigenvalue weighted by molar-refractivity contribution is 6.19. The minimum atomic E-state index is 0.0594. The van der Waals surface area contributed by atoms with Crippen molar-refractivity contribution in [3.63, 3.8) is 0 Å². The van der Waals surface area contributed by atoms with Gasteiger partial charge in [-0.2, -0.15) is 0 Å². The van der Waals surface area contributed by atoms with Crippen LogP contribution in [0.2, 0.25) is 0 Å². The molecule has 12 rings (SSSR count). The third kappa shape index (κ3) is 5.11. The Labute approximate surface area is 333 Å². The van der Waals surface area contributed by atoms with Gasteiger partial charge in [-0.15, -0.1) is 0 Å². The van der Waals surface area contributed by atoms with Crippen molar-refractivity contribution in [3.05, 3.63) is 203 Å². The number of nitrogens with zero attached hydrogens (tertiary/aromatic N) is 2. The molecule has 1 aromatic heterocycles. The maximum absolute atomic E-state index is 6.39. The summed E-state index contributed by atoms with van der Waals surface area (Å²) in [5.74, 6) is 1.21.